The molecule has 6 heteroatoms. The highest BCUT2D eigenvalue weighted by molar-refractivity contribution is 7.89. The third kappa shape index (κ3) is 4.65. The van der Waals surface area contributed by atoms with Crippen LogP contribution in [0.2, 0.25) is 0 Å². The Morgan fingerprint density at radius 2 is 1.89 bits per heavy atom. The van der Waals surface area contributed by atoms with Crippen LogP contribution >= 0.6 is 0 Å². The van der Waals surface area contributed by atoms with Gasteiger partial charge in [-0.05, 0) is 31.4 Å². The standard InChI is InChI=1S/C13H18N2O3S/c16-13(15-11-8-9-11)7-4-10-14-19(17,18)12-5-2-1-3-6-12/h1-3,5-6,11,14H,4,7-10H2,(H,15,16). The van der Waals surface area contributed by atoms with Crippen molar-refractivity contribution in [3.05, 3.63) is 30.3 Å². The Kier molecular flexibility index (Phi) is 4.55. The molecular formula is C13H18N2O3S. The summed E-state index contributed by atoms with van der Waals surface area (Å²) in [5.74, 6) is 0.00130. The van der Waals surface area contributed by atoms with Gasteiger partial charge in [-0.2, -0.15) is 0 Å². The van der Waals surface area contributed by atoms with Crippen LogP contribution in [0.15, 0.2) is 35.2 Å². The van der Waals surface area contributed by atoms with Gasteiger partial charge >= 0.3 is 0 Å². The molecule has 0 atom stereocenters. The summed E-state index contributed by atoms with van der Waals surface area (Å²) >= 11 is 0. The Hall–Kier alpha value is -1.40. The number of carbonyl (C=O) groups excluding carboxylic acids is 1. The van der Waals surface area contributed by atoms with Gasteiger partial charge in [0.1, 0.15) is 0 Å². The van der Waals surface area contributed by atoms with E-state index in [2.05, 4.69) is 10.0 Å². The van der Waals surface area contributed by atoms with Crippen LogP contribution in [0.4, 0.5) is 0 Å². The van der Waals surface area contributed by atoms with Crippen LogP contribution < -0.4 is 10.0 Å². The second kappa shape index (κ2) is 6.16. The Labute approximate surface area is 113 Å². The van der Waals surface area contributed by atoms with Crippen molar-refractivity contribution in [2.45, 2.75) is 36.6 Å². The predicted molar refractivity (Wildman–Crippen MR) is 72.0 cm³/mol. The van der Waals surface area contributed by atoms with E-state index in [1.807, 2.05) is 0 Å². The van der Waals surface area contributed by atoms with Crippen LogP contribution in [0.25, 0.3) is 0 Å². The van der Waals surface area contributed by atoms with E-state index in [0.29, 0.717) is 18.9 Å². The summed E-state index contributed by atoms with van der Waals surface area (Å²) in [6.45, 7) is 0.273. The van der Waals surface area contributed by atoms with E-state index in [9.17, 15) is 13.2 Å². The number of hydrogen-bond acceptors (Lipinski definition) is 3. The van der Waals surface area contributed by atoms with E-state index in [1.165, 1.54) is 0 Å². The molecule has 2 rings (SSSR count). The van der Waals surface area contributed by atoms with Gasteiger partial charge in [0.15, 0.2) is 0 Å². The first-order valence-corrected chi connectivity index (χ1v) is 7.90. The van der Waals surface area contributed by atoms with Gasteiger partial charge < -0.3 is 5.32 Å². The normalized spacial score (nSPS) is 15.2. The molecule has 19 heavy (non-hydrogen) atoms. The lowest BCUT2D eigenvalue weighted by Crippen LogP contribution is -2.28. The molecule has 0 radical (unpaired) electrons. The van der Waals surface area contributed by atoms with Crippen LogP contribution in [0.1, 0.15) is 25.7 Å². The fourth-order valence-electron chi connectivity index (χ4n) is 1.67. The molecular weight excluding hydrogens is 264 g/mol. The quantitative estimate of drug-likeness (QED) is 0.733. The number of benzene rings is 1. The van der Waals surface area contributed by atoms with Gasteiger partial charge in [0.25, 0.3) is 0 Å². The van der Waals surface area contributed by atoms with E-state index in [4.69, 9.17) is 0 Å². The summed E-state index contributed by atoms with van der Waals surface area (Å²) < 4.78 is 26.2. The smallest absolute Gasteiger partial charge is 0.240 e. The van der Waals surface area contributed by atoms with Crippen molar-refractivity contribution in [1.29, 1.82) is 0 Å². The highest BCUT2D eigenvalue weighted by Crippen LogP contribution is 2.18. The van der Waals surface area contributed by atoms with Crippen LogP contribution in [-0.4, -0.2) is 26.9 Å². The molecule has 1 aromatic carbocycles. The Morgan fingerprint density at radius 1 is 1.21 bits per heavy atom. The van der Waals surface area contributed by atoms with Gasteiger partial charge in [0, 0.05) is 19.0 Å². The number of hydrogen-bond donors (Lipinski definition) is 2. The summed E-state index contributed by atoms with van der Waals surface area (Å²) in [6, 6.07) is 8.56. The fraction of sp³-hybridized carbons (Fsp3) is 0.462. The van der Waals surface area contributed by atoms with E-state index in [0.717, 1.165) is 12.8 Å². The van der Waals surface area contributed by atoms with Gasteiger partial charge in [-0.3, -0.25) is 4.79 Å². The zero-order valence-corrected chi connectivity index (χ0v) is 11.4. The van der Waals surface area contributed by atoms with Crippen LogP contribution in [-0.2, 0) is 14.8 Å². The molecule has 0 spiro atoms. The van der Waals surface area contributed by atoms with Gasteiger partial charge in [-0.15, -0.1) is 0 Å². The van der Waals surface area contributed by atoms with Gasteiger partial charge in [0.05, 0.1) is 4.90 Å². The zero-order chi connectivity index (χ0) is 13.7. The van der Waals surface area contributed by atoms with Gasteiger partial charge in [0.2, 0.25) is 15.9 Å². The highest BCUT2D eigenvalue weighted by atomic mass is 32.2. The maximum atomic E-state index is 11.9. The molecule has 5 nitrogen and oxygen atoms in total. The minimum Gasteiger partial charge on any atom is -0.353 e. The molecule has 1 aliphatic carbocycles. The highest BCUT2D eigenvalue weighted by Gasteiger charge is 2.22. The number of carbonyl (C=O) groups is 1. The van der Waals surface area contributed by atoms with Crippen molar-refractivity contribution in [2.24, 2.45) is 0 Å². The maximum absolute atomic E-state index is 11.9. The molecule has 1 amide bonds. The number of nitrogens with one attached hydrogen (secondary N) is 2. The van der Waals surface area contributed by atoms with Gasteiger partial charge in [-0.1, -0.05) is 18.2 Å². The molecule has 0 saturated heterocycles. The lowest BCUT2D eigenvalue weighted by Gasteiger charge is -2.06. The van der Waals surface area contributed by atoms with Crippen molar-refractivity contribution in [3.63, 3.8) is 0 Å². The molecule has 104 valence electrons. The van der Waals surface area contributed by atoms with Crippen molar-refractivity contribution in [3.8, 4) is 0 Å². The first-order chi connectivity index (χ1) is 9.08. The van der Waals surface area contributed by atoms with E-state index >= 15 is 0 Å². The van der Waals surface area contributed by atoms with Gasteiger partial charge in [-0.25, -0.2) is 13.1 Å². The minimum atomic E-state index is -3.45. The Bertz CT molecular complexity index is 524. The molecule has 1 saturated carbocycles. The second-order valence-corrected chi connectivity index (χ2v) is 6.42. The van der Waals surface area contributed by atoms with E-state index in [-0.39, 0.29) is 17.3 Å². The van der Waals surface area contributed by atoms with E-state index in [1.54, 1.807) is 30.3 Å². The third-order valence-corrected chi connectivity index (χ3v) is 4.35. The topological polar surface area (TPSA) is 75.3 Å². The van der Waals surface area contributed by atoms with Crippen molar-refractivity contribution < 1.29 is 13.2 Å². The molecule has 1 aliphatic rings. The molecule has 0 aliphatic heterocycles. The Balaban J connectivity index is 1.71. The monoisotopic (exact) mass is 282 g/mol. The zero-order valence-electron chi connectivity index (χ0n) is 10.6. The number of rotatable bonds is 7. The summed E-state index contributed by atoms with van der Waals surface area (Å²) in [7, 11) is -3.45. The molecule has 1 fully saturated rings. The molecule has 0 unspecified atom stereocenters. The first kappa shape index (κ1) is 14.0. The van der Waals surface area contributed by atoms with Crippen molar-refractivity contribution in [1.82, 2.24) is 10.0 Å². The molecule has 0 heterocycles. The van der Waals surface area contributed by atoms with E-state index < -0.39 is 10.0 Å². The number of amides is 1. The summed E-state index contributed by atoms with van der Waals surface area (Å²) in [4.78, 5) is 11.6. The van der Waals surface area contributed by atoms with Crippen molar-refractivity contribution >= 4 is 15.9 Å². The van der Waals surface area contributed by atoms with Crippen LogP contribution in [0, 0.1) is 0 Å². The van der Waals surface area contributed by atoms with Crippen LogP contribution in [0.3, 0.4) is 0 Å². The SMILES string of the molecule is O=C(CCCNS(=O)(=O)c1ccccc1)NC1CC1. The second-order valence-electron chi connectivity index (χ2n) is 4.66. The predicted octanol–water partition coefficient (Wildman–Crippen LogP) is 1.02. The average Bonchev–Trinajstić information content (AvgIpc) is 3.20. The maximum Gasteiger partial charge on any atom is 0.240 e. The fourth-order valence-corrected chi connectivity index (χ4v) is 2.76. The van der Waals surface area contributed by atoms with Crippen LogP contribution in [0.5, 0.6) is 0 Å². The minimum absolute atomic E-state index is 0.00130. The van der Waals surface area contributed by atoms with Crippen molar-refractivity contribution in [2.75, 3.05) is 6.54 Å². The summed E-state index contributed by atoms with van der Waals surface area (Å²) in [6.07, 6.45) is 2.98. The Morgan fingerprint density at radius 3 is 2.53 bits per heavy atom. The summed E-state index contributed by atoms with van der Waals surface area (Å²) in [5.41, 5.74) is 0. The lowest BCUT2D eigenvalue weighted by molar-refractivity contribution is -0.121. The third-order valence-electron chi connectivity index (χ3n) is 2.87. The largest absolute Gasteiger partial charge is 0.353 e. The number of sulfonamides is 1. The molecule has 0 bridgehead atoms. The molecule has 2 N–H and O–H groups in total. The molecule has 1 aromatic rings. The lowest BCUT2D eigenvalue weighted by atomic mass is 10.3. The molecule has 0 aromatic heterocycles. The summed E-state index contributed by atoms with van der Waals surface area (Å²) in [5, 5.41) is 2.87. The first-order valence-electron chi connectivity index (χ1n) is 6.42. The average molecular weight is 282 g/mol.